The van der Waals surface area contributed by atoms with Crippen molar-refractivity contribution in [3.63, 3.8) is 0 Å². The normalized spacial score (nSPS) is 10.8. The number of aromatic nitrogens is 3. The van der Waals surface area contributed by atoms with Crippen LogP contribution in [0.15, 0.2) is 74.8 Å². The van der Waals surface area contributed by atoms with E-state index in [0.29, 0.717) is 5.56 Å². The van der Waals surface area contributed by atoms with Gasteiger partial charge in [-0.1, -0.05) is 65.8 Å². The monoisotopic (exact) mass is 503 g/mol. The number of ether oxygens (including phenoxy) is 1. The molecule has 11 nitrogen and oxygen atoms in total. The van der Waals surface area contributed by atoms with Crippen molar-refractivity contribution in [2.75, 3.05) is 23.8 Å². The van der Waals surface area contributed by atoms with Crippen molar-refractivity contribution in [1.29, 1.82) is 0 Å². The highest BCUT2D eigenvalue weighted by atomic mass is 16.5. The van der Waals surface area contributed by atoms with Crippen LogP contribution in [0.4, 0.5) is 11.5 Å². The highest BCUT2D eigenvalue weighted by molar-refractivity contribution is 6.00. The number of rotatable bonds is 8. The maximum atomic E-state index is 13.1. The molecule has 4 rings (SSSR count). The largest absolute Gasteiger partial charge is 0.452 e. The predicted octanol–water partition coefficient (Wildman–Crippen LogP) is 2.34. The number of amides is 1. The molecule has 4 aromatic rings. The minimum Gasteiger partial charge on any atom is -0.452 e. The first kappa shape index (κ1) is 25.2. The molecule has 0 unspecified atom stereocenters. The van der Waals surface area contributed by atoms with Gasteiger partial charge in [-0.05, 0) is 19.4 Å². The van der Waals surface area contributed by atoms with Gasteiger partial charge in [-0.15, -0.1) is 0 Å². The van der Waals surface area contributed by atoms with Crippen LogP contribution in [0.2, 0.25) is 0 Å². The van der Waals surface area contributed by atoms with Crippen molar-refractivity contribution in [2.24, 2.45) is 0 Å². The molecular weight excluding hydrogens is 478 g/mol. The van der Waals surface area contributed by atoms with E-state index in [1.165, 1.54) is 4.57 Å². The van der Waals surface area contributed by atoms with Gasteiger partial charge in [0.25, 0.3) is 11.5 Å². The Morgan fingerprint density at radius 3 is 2.38 bits per heavy atom. The van der Waals surface area contributed by atoms with Crippen LogP contribution in [-0.4, -0.2) is 39.7 Å². The second-order valence-corrected chi connectivity index (χ2v) is 8.11. The fourth-order valence-electron chi connectivity index (χ4n) is 3.90. The molecule has 0 bridgehead atoms. The zero-order valence-corrected chi connectivity index (χ0v) is 20.3. The second-order valence-electron chi connectivity index (χ2n) is 8.11. The Labute approximate surface area is 211 Å². The van der Waals surface area contributed by atoms with Crippen molar-refractivity contribution in [1.82, 2.24) is 14.7 Å². The number of aromatic amines is 1. The van der Waals surface area contributed by atoms with Crippen molar-refractivity contribution < 1.29 is 18.8 Å². The lowest BCUT2D eigenvalue weighted by atomic mass is 10.1. The van der Waals surface area contributed by atoms with E-state index >= 15 is 0 Å². The average molecular weight is 504 g/mol. The molecule has 2 aromatic carbocycles. The van der Waals surface area contributed by atoms with E-state index in [-0.39, 0.29) is 41.6 Å². The van der Waals surface area contributed by atoms with Crippen LogP contribution in [-0.2, 0) is 16.1 Å². The standard InChI is InChI=1S/C26H25N5O6/c1-3-30(22-23(27)31(26(35)28-24(22)33)14-17-10-6-4-7-11-17)19(32)15-36-25(34)20-16(2)37-29-21(20)18-12-8-5-9-13-18/h4-13H,3,14-15,27H2,1-2H3,(H,28,33,35). The van der Waals surface area contributed by atoms with Gasteiger partial charge >= 0.3 is 11.7 Å². The Morgan fingerprint density at radius 2 is 1.73 bits per heavy atom. The van der Waals surface area contributed by atoms with Crippen LogP contribution in [0.25, 0.3) is 11.3 Å². The molecule has 0 fully saturated rings. The molecule has 0 saturated carbocycles. The molecule has 2 heterocycles. The van der Waals surface area contributed by atoms with Gasteiger partial charge in [0.2, 0.25) is 0 Å². The van der Waals surface area contributed by atoms with Crippen LogP contribution in [0, 0.1) is 6.92 Å². The maximum Gasteiger partial charge on any atom is 0.344 e. The maximum absolute atomic E-state index is 13.1. The molecule has 3 N–H and O–H groups in total. The number of nitrogens with two attached hydrogens (primary N) is 1. The fraction of sp³-hybridized carbons (Fsp3) is 0.192. The second kappa shape index (κ2) is 10.8. The first-order valence-electron chi connectivity index (χ1n) is 11.5. The van der Waals surface area contributed by atoms with E-state index in [2.05, 4.69) is 10.1 Å². The number of carbonyl (C=O) groups is 2. The van der Waals surface area contributed by atoms with E-state index in [1.807, 2.05) is 12.1 Å². The van der Waals surface area contributed by atoms with Crippen molar-refractivity contribution in [2.45, 2.75) is 20.4 Å². The van der Waals surface area contributed by atoms with Gasteiger partial charge in [-0.3, -0.25) is 19.1 Å². The molecule has 0 spiro atoms. The Balaban J connectivity index is 1.57. The molecule has 0 aliphatic carbocycles. The summed E-state index contributed by atoms with van der Waals surface area (Å²) in [6.45, 7) is 2.64. The van der Waals surface area contributed by atoms with Crippen LogP contribution in [0.5, 0.6) is 0 Å². The van der Waals surface area contributed by atoms with Gasteiger partial charge in [-0.2, -0.15) is 0 Å². The first-order valence-corrected chi connectivity index (χ1v) is 11.5. The van der Waals surface area contributed by atoms with Crippen LogP contribution in [0.3, 0.4) is 0 Å². The minimum absolute atomic E-state index is 0.0365. The Kier molecular flexibility index (Phi) is 7.33. The van der Waals surface area contributed by atoms with E-state index in [4.69, 9.17) is 15.0 Å². The zero-order chi connectivity index (χ0) is 26.5. The zero-order valence-electron chi connectivity index (χ0n) is 20.3. The molecule has 11 heteroatoms. The summed E-state index contributed by atoms with van der Waals surface area (Å²) in [5.41, 5.74) is 6.27. The molecule has 2 aromatic heterocycles. The third-order valence-corrected chi connectivity index (χ3v) is 5.73. The fourth-order valence-corrected chi connectivity index (χ4v) is 3.90. The van der Waals surface area contributed by atoms with Crippen molar-refractivity contribution in [3.8, 4) is 11.3 Å². The Hall–Kier alpha value is -4.93. The third-order valence-electron chi connectivity index (χ3n) is 5.73. The molecule has 0 saturated heterocycles. The smallest absolute Gasteiger partial charge is 0.344 e. The minimum atomic E-state index is -0.824. The summed E-state index contributed by atoms with van der Waals surface area (Å²) >= 11 is 0. The molecule has 0 radical (unpaired) electrons. The molecule has 0 atom stereocenters. The van der Waals surface area contributed by atoms with E-state index < -0.39 is 29.7 Å². The summed E-state index contributed by atoms with van der Waals surface area (Å²) in [6.07, 6.45) is 0. The number of carbonyl (C=O) groups excluding carboxylic acids is 2. The van der Waals surface area contributed by atoms with Crippen molar-refractivity contribution >= 4 is 23.4 Å². The predicted molar refractivity (Wildman–Crippen MR) is 136 cm³/mol. The number of hydrogen-bond acceptors (Lipinski definition) is 8. The summed E-state index contributed by atoms with van der Waals surface area (Å²) in [7, 11) is 0. The third kappa shape index (κ3) is 5.20. The number of nitrogen functional groups attached to an aromatic ring is 1. The number of nitrogens with zero attached hydrogens (tertiary/aromatic N) is 3. The number of nitrogens with one attached hydrogen (secondary N) is 1. The quantitative estimate of drug-likeness (QED) is 0.347. The number of anilines is 2. The highest BCUT2D eigenvalue weighted by Crippen LogP contribution is 2.26. The molecule has 0 aliphatic rings. The molecule has 190 valence electrons. The summed E-state index contributed by atoms with van der Waals surface area (Å²) < 4.78 is 11.6. The number of H-pyrrole nitrogens is 1. The number of likely N-dealkylation sites (N-methyl/N-ethyl adjacent to an activating group) is 1. The van der Waals surface area contributed by atoms with Gasteiger partial charge in [0, 0.05) is 12.1 Å². The lowest BCUT2D eigenvalue weighted by Gasteiger charge is -2.23. The first-order chi connectivity index (χ1) is 17.8. The van der Waals surface area contributed by atoms with Gasteiger partial charge in [0.05, 0.1) is 6.54 Å². The molecular formula is C26H25N5O6. The highest BCUT2D eigenvalue weighted by Gasteiger charge is 2.27. The van der Waals surface area contributed by atoms with Gasteiger partial charge in [0.15, 0.2) is 12.3 Å². The topological polar surface area (TPSA) is 154 Å². The number of esters is 1. The van der Waals surface area contributed by atoms with Gasteiger partial charge in [-0.25, -0.2) is 9.59 Å². The van der Waals surface area contributed by atoms with E-state index in [9.17, 15) is 19.2 Å². The van der Waals surface area contributed by atoms with Crippen LogP contribution >= 0.6 is 0 Å². The summed E-state index contributed by atoms with van der Waals surface area (Å²) in [5.74, 6) is -1.45. The molecule has 37 heavy (non-hydrogen) atoms. The Morgan fingerprint density at radius 1 is 1.08 bits per heavy atom. The number of benzene rings is 2. The SMILES string of the molecule is CCN(C(=O)COC(=O)c1c(-c2ccccc2)noc1C)c1c(N)n(Cc2ccccc2)c(=O)[nH]c1=O. The molecule has 0 aliphatic heterocycles. The average Bonchev–Trinajstić information content (AvgIpc) is 3.29. The van der Waals surface area contributed by atoms with Crippen LogP contribution in [0.1, 0.15) is 28.6 Å². The van der Waals surface area contributed by atoms with Gasteiger partial charge < -0.3 is 19.9 Å². The Bertz CT molecular complexity index is 1540. The van der Waals surface area contributed by atoms with E-state index in [0.717, 1.165) is 10.5 Å². The lowest BCUT2D eigenvalue weighted by molar-refractivity contribution is -0.121. The summed E-state index contributed by atoms with van der Waals surface area (Å²) in [5, 5.41) is 3.94. The number of aryl methyl sites for hydroxylation is 1. The van der Waals surface area contributed by atoms with Crippen LogP contribution < -0.4 is 21.9 Å². The summed E-state index contributed by atoms with van der Waals surface area (Å²) in [6, 6.07) is 18.0. The van der Waals surface area contributed by atoms with Gasteiger partial charge in [0.1, 0.15) is 22.8 Å². The van der Waals surface area contributed by atoms with E-state index in [1.54, 1.807) is 62.4 Å². The molecule has 1 amide bonds. The number of hydrogen-bond donors (Lipinski definition) is 2. The lowest BCUT2D eigenvalue weighted by Crippen LogP contribution is -2.42. The summed E-state index contributed by atoms with van der Waals surface area (Å²) in [4.78, 5) is 54.4. The van der Waals surface area contributed by atoms with Crippen molar-refractivity contribution in [3.05, 3.63) is 98.4 Å².